The highest BCUT2D eigenvalue weighted by molar-refractivity contribution is 5.91. The fourth-order valence-corrected chi connectivity index (χ4v) is 3.49. The Morgan fingerprint density at radius 1 is 0.882 bits per heavy atom. The van der Waals surface area contributed by atoms with E-state index in [1.165, 1.54) is 13.3 Å². The number of carbonyl (C=O) groups excluding carboxylic acids is 2. The maximum Gasteiger partial charge on any atom is 0.337 e. The normalized spacial score (nSPS) is 11.4. The number of rotatable bonds is 7. The van der Waals surface area contributed by atoms with Gasteiger partial charge in [-0.05, 0) is 35.4 Å². The second-order valence-electron chi connectivity index (χ2n) is 7.41. The van der Waals surface area contributed by atoms with E-state index in [4.69, 9.17) is 9.15 Å². The number of hydrogen-bond acceptors (Lipinski definition) is 6. The summed E-state index contributed by atoms with van der Waals surface area (Å²) in [6.45, 7) is 0. The van der Waals surface area contributed by atoms with Gasteiger partial charge in [-0.2, -0.15) is 5.10 Å². The quantitative estimate of drug-likeness (QED) is 0.249. The number of benzene rings is 3. The highest BCUT2D eigenvalue weighted by atomic mass is 16.5. The molecule has 0 fully saturated rings. The molecule has 7 nitrogen and oxygen atoms in total. The highest BCUT2D eigenvalue weighted by Gasteiger charge is 2.39. The monoisotopic (exact) mass is 454 g/mol. The topological polar surface area (TPSA) is 101 Å². The third-order valence-corrected chi connectivity index (χ3v) is 5.29. The third-order valence-electron chi connectivity index (χ3n) is 5.29. The first-order valence-electron chi connectivity index (χ1n) is 10.5. The first-order valence-corrected chi connectivity index (χ1v) is 10.5. The fourth-order valence-electron chi connectivity index (χ4n) is 3.49. The third kappa shape index (κ3) is 4.65. The molecule has 0 saturated heterocycles. The van der Waals surface area contributed by atoms with Crippen LogP contribution in [0.15, 0.2) is 107 Å². The SMILES string of the molecule is COC(=O)c1ccc(-c2ccc(/C=N/NC(=O)C(O)(c3ccccc3)c3ccccc3)o2)cc1. The van der Waals surface area contributed by atoms with Gasteiger partial charge < -0.3 is 14.3 Å². The number of ether oxygens (including phenoxy) is 1. The average molecular weight is 454 g/mol. The van der Waals surface area contributed by atoms with Crippen molar-refractivity contribution in [3.8, 4) is 11.3 Å². The van der Waals surface area contributed by atoms with E-state index >= 15 is 0 Å². The zero-order valence-corrected chi connectivity index (χ0v) is 18.3. The van der Waals surface area contributed by atoms with Gasteiger partial charge in [-0.15, -0.1) is 0 Å². The van der Waals surface area contributed by atoms with E-state index in [1.54, 1.807) is 84.9 Å². The van der Waals surface area contributed by atoms with Gasteiger partial charge in [0.2, 0.25) is 0 Å². The molecular weight excluding hydrogens is 432 g/mol. The standard InChI is InChI=1S/C27H22N2O5/c1-33-25(30)20-14-12-19(13-15-20)24-17-16-23(34-24)18-28-29-26(31)27(32,21-8-4-2-5-9-21)22-10-6-3-7-11-22/h2-18,32H,1H3,(H,29,31)/b28-18+. The first-order chi connectivity index (χ1) is 16.5. The number of methoxy groups -OCH3 is 1. The van der Waals surface area contributed by atoms with E-state index in [0.29, 0.717) is 28.2 Å². The Kier molecular flexibility index (Phi) is 6.66. The van der Waals surface area contributed by atoms with Crippen LogP contribution in [0.1, 0.15) is 27.2 Å². The Hall–Kier alpha value is -4.49. The predicted molar refractivity (Wildman–Crippen MR) is 127 cm³/mol. The van der Waals surface area contributed by atoms with Crippen molar-refractivity contribution in [2.45, 2.75) is 5.60 Å². The van der Waals surface area contributed by atoms with E-state index in [0.717, 1.165) is 5.56 Å². The fraction of sp³-hybridized carbons (Fsp3) is 0.0741. The number of nitrogens with zero attached hydrogens (tertiary/aromatic N) is 1. The molecular formula is C27H22N2O5. The molecule has 4 aromatic rings. The van der Waals surface area contributed by atoms with Crippen molar-refractivity contribution < 1.29 is 23.8 Å². The molecule has 0 radical (unpaired) electrons. The molecule has 1 heterocycles. The molecule has 0 aliphatic rings. The summed E-state index contributed by atoms with van der Waals surface area (Å²) >= 11 is 0. The zero-order valence-electron chi connectivity index (χ0n) is 18.3. The summed E-state index contributed by atoms with van der Waals surface area (Å²) in [4.78, 5) is 24.6. The van der Waals surface area contributed by atoms with Gasteiger partial charge in [-0.1, -0.05) is 72.8 Å². The Labute approximate surface area is 196 Å². The molecule has 0 atom stereocenters. The number of nitrogens with one attached hydrogen (secondary N) is 1. The van der Waals surface area contributed by atoms with Gasteiger partial charge in [0.25, 0.3) is 5.91 Å². The van der Waals surface area contributed by atoms with Crippen molar-refractivity contribution in [3.05, 3.63) is 120 Å². The number of furan rings is 1. The molecule has 4 rings (SSSR count). The van der Waals surface area contributed by atoms with Crippen molar-refractivity contribution in [2.24, 2.45) is 5.10 Å². The summed E-state index contributed by atoms with van der Waals surface area (Å²) < 4.78 is 10.5. The van der Waals surface area contributed by atoms with Crippen LogP contribution in [0.4, 0.5) is 0 Å². The number of amides is 1. The molecule has 3 aromatic carbocycles. The molecule has 0 spiro atoms. The second kappa shape index (κ2) is 9.97. The lowest BCUT2D eigenvalue weighted by atomic mass is 9.85. The second-order valence-corrected chi connectivity index (χ2v) is 7.41. The summed E-state index contributed by atoms with van der Waals surface area (Å²) in [6.07, 6.45) is 1.35. The average Bonchev–Trinajstić information content (AvgIpc) is 3.37. The molecule has 1 aromatic heterocycles. The van der Waals surface area contributed by atoms with Crippen molar-refractivity contribution in [1.29, 1.82) is 0 Å². The lowest BCUT2D eigenvalue weighted by Gasteiger charge is -2.26. The Morgan fingerprint density at radius 3 is 2.03 bits per heavy atom. The van der Waals surface area contributed by atoms with E-state index in [9.17, 15) is 14.7 Å². The summed E-state index contributed by atoms with van der Waals surface area (Å²) in [5.41, 5.74) is 2.53. The Bertz CT molecular complexity index is 1260. The van der Waals surface area contributed by atoms with Crippen LogP contribution < -0.4 is 5.43 Å². The molecule has 0 aliphatic heterocycles. The van der Waals surface area contributed by atoms with Gasteiger partial charge >= 0.3 is 5.97 Å². The van der Waals surface area contributed by atoms with Crippen LogP contribution in [0, 0.1) is 0 Å². The van der Waals surface area contributed by atoms with Crippen LogP contribution >= 0.6 is 0 Å². The van der Waals surface area contributed by atoms with Gasteiger partial charge in [0.05, 0.1) is 18.9 Å². The predicted octanol–water partition coefficient (Wildman–Crippen LogP) is 4.12. The van der Waals surface area contributed by atoms with Gasteiger partial charge in [0, 0.05) is 5.56 Å². The lowest BCUT2D eigenvalue weighted by Crippen LogP contribution is -2.43. The van der Waals surface area contributed by atoms with Crippen molar-refractivity contribution >= 4 is 18.1 Å². The first kappa shape index (κ1) is 22.7. The molecule has 0 aliphatic carbocycles. The molecule has 170 valence electrons. The van der Waals surface area contributed by atoms with Gasteiger partial charge in [0.1, 0.15) is 11.5 Å². The largest absolute Gasteiger partial charge is 0.465 e. The van der Waals surface area contributed by atoms with Crippen molar-refractivity contribution in [1.82, 2.24) is 5.43 Å². The summed E-state index contributed by atoms with van der Waals surface area (Å²) in [6, 6.07) is 27.6. The van der Waals surface area contributed by atoms with Crippen molar-refractivity contribution in [2.75, 3.05) is 7.11 Å². The van der Waals surface area contributed by atoms with E-state index in [2.05, 4.69) is 10.5 Å². The minimum atomic E-state index is -1.92. The molecule has 0 unspecified atom stereocenters. The van der Waals surface area contributed by atoms with Crippen LogP contribution in [-0.4, -0.2) is 30.3 Å². The number of carbonyl (C=O) groups is 2. The Balaban J connectivity index is 1.50. The minimum Gasteiger partial charge on any atom is -0.465 e. The van der Waals surface area contributed by atoms with Gasteiger partial charge in [-0.25, -0.2) is 10.2 Å². The van der Waals surface area contributed by atoms with Crippen LogP contribution in [0.5, 0.6) is 0 Å². The summed E-state index contributed by atoms with van der Waals surface area (Å²) in [5, 5.41) is 15.4. The maximum atomic E-state index is 13.1. The van der Waals surface area contributed by atoms with E-state index in [1.807, 2.05) is 12.1 Å². The van der Waals surface area contributed by atoms with Crippen LogP contribution in [-0.2, 0) is 15.1 Å². The molecule has 7 heteroatoms. The summed E-state index contributed by atoms with van der Waals surface area (Å²) in [7, 11) is 1.33. The summed E-state index contributed by atoms with van der Waals surface area (Å²) in [5.74, 6) is -0.156. The number of esters is 1. The molecule has 0 bridgehead atoms. The van der Waals surface area contributed by atoms with E-state index in [-0.39, 0.29) is 0 Å². The zero-order chi connectivity index (χ0) is 24.0. The van der Waals surface area contributed by atoms with Gasteiger partial charge in [0.15, 0.2) is 5.60 Å². The van der Waals surface area contributed by atoms with Crippen LogP contribution in [0.3, 0.4) is 0 Å². The van der Waals surface area contributed by atoms with Crippen LogP contribution in [0.25, 0.3) is 11.3 Å². The van der Waals surface area contributed by atoms with Crippen molar-refractivity contribution in [3.63, 3.8) is 0 Å². The smallest absolute Gasteiger partial charge is 0.337 e. The van der Waals surface area contributed by atoms with E-state index < -0.39 is 17.5 Å². The number of hydrazone groups is 1. The Morgan fingerprint density at radius 2 is 1.47 bits per heavy atom. The number of hydrogen-bond donors (Lipinski definition) is 2. The minimum absolute atomic E-state index is 0.398. The molecule has 2 N–H and O–H groups in total. The lowest BCUT2D eigenvalue weighted by molar-refractivity contribution is -0.136. The van der Waals surface area contributed by atoms with Gasteiger partial charge in [-0.3, -0.25) is 4.79 Å². The van der Waals surface area contributed by atoms with Crippen LogP contribution in [0.2, 0.25) is 0 Å². The molecule has 34 heavy (non-hydrogen) atoms. The molecule has 1 amide bonds. The molecule has 0 saturated carbocycles. The maximum absolute atomic E-state index is 13.1. The highest BCUT2D eigenvalue weighted by Crippen LogP contribution is 2.30. The number of aliphatic hydroxyl groups is 1.